The van der Waals surface area contributed by atoms with Crippen LogP contribution in [0.1, 0.15) is 12.5 Å². The molecule has 0 saturated carbocycles. The summed E-state index contributed by atoms with van der Waals surface area (Å²) in [5, 5.41) is 3.23. The first kappa shape index (κ1) is 27.2. The van der Waals surface area contributed by atoms with Gasteiger partial charge in [0.15, 0.2) is 11.5 Å². The first-order chi connectivity index (χ1) is 17.4. The fourth-order valence-electron chi connectivity index (χ4n) is 3.24. The average molecular weight is 621 g/mol. The van der Waals surface area contributed by atoms with Gasteiger partial charge in [-0.05, 0) is 37.3 Å². The number of halogens is 2. The molecular weight excluding hydrogens is 595 g/mol. The molecule has 0 bridgehead atoms. The molecule has 0 aliphatic rings. The maximum Gasteiger partial charge on any atom is 0.248 e. The molecule has 0 aliphatic heterocycles. The van der Waals surface area contributed by atoms with Crippen LogP contribution in [0.25, 0.3) is 6.08 Å². The molecule has 1 heterocycles. The molecule has 0 fully saturated rings. The highest BCUT2D eigenvalue weighted by Crippen LogP contribution is 2.44. The lowest BCUT2D eigenvalue weighted by Crippen LogP contribution is -2.09. The van der Waals surface area contributed by atoms with Crippen molar-refractivity contribution in [2.24, 2.45) is 0 Å². The molecule has 3 N–H and O–H groups in total. The Bertz CT molecular complexity index is 1280. The second-order valence-corrected chi connectivity index (χ2v) is 8.65. The van der Waals surface area contributed by atoms with Gasteiger partial charge in [0.05, 0.1) is 60.8 Å². The molecule has 1 aromatic heterocycles. The zero-order valence-corrected chi connectivity index (χ0v) is 22.9. The quantitative estimate of drug-likeness (QED) is 0.0886. The van der Waals surface area contributed by atoms with Crippen molar-refractivity contribution in [1.82, 2.24) is 4.98 Å². The zero-order chi connectivity index (χ0) is 26.1. The van der Waals surface area contributed by atoms with Crippen LogP contribution in [0.2, 0.25) is 5.02 Å². The van der Waals surface area contributed by atoms with Gasteiger partial charge < -0.3 is 25.3 Å². The van der Waals surface area contributed by atoms with E-state index in [4.69, 9.17) is 31.5 Å². The number of hydrogen-bond acceptors (Lipinski definition) is 7. The van der Waals surface area contributed by atoms with Gasteiger partial charge >= 0.3 is 0 Å². The molecule has 2 aromatic carbocycles. The predicted molar refractivity (Wildman–Crippen MR) is 154 cm³/mol. The number of anilines is 4. The minimum absolute atomic E-state index is 0.315. The average Bonchev–Trinajstić information content (AvgIpc) is 2.87. The molecule has 3 aromatic rings. The number of carbonyl (C=O) groups excluding carboxylic acids is 1. The number of pyridine rings is 1. The van der Waals surface area contributed by atoms with Crippen LogP contribution in [-0.2, 0) is 4.79 Å². The molecule has 1 amide bonds. The van der Waals surface area contributed by atoms with Gasteiger partial charge in [0, 0.05) is 35.0 Å². The summed E-state index contributed by atoms with van der Waals surface area (Å²) in [7, 11) is 3.15. The first-order valence-corrected chi connectivity index (χ1v) is 12.2. The van der Waals surface area contributed by atoms with Crippen LogP contribution in [0.4, 0.5) is 22.9 Å². The van der Waals surface area contributed by atoms with E-state index in [9.17, 15) is 4.79 Å². The Morgan fingerprint density at radius 3 is 2.64 bits per heavy atom. The molecule has 36 heavy (non-hydrogen) atoms. The summed E-state index contributed by atoms with van der Waals surface area (Å²) < 4.78 is 18.6. The fourth-order valence-corrected chi connectivity index (χ4v) is 4.10. The summed E-state index contributed by atoms with van der Waals surface area (Å²) in [4.78, 5) is 16.8. The number of rotatable bonds is 10. The van der Waals surface area contributed by atoms with Crippen molar-refractivity contribution in [3.05, 3.63) is 77.5 Å². The maximum atomic E-state index is 12.2. The Hall–Kier alpha value is -3.44. The molecule has 0 spiro atoms. The third-order valence-electron chi connectivity index (χ3n) is 4.86. The number of nitrogens with zero attached hydrogens (tertiary/aromatic N) is 2. The summed E-state index contributed by atoms with van der Waals surface area (Å²) >= 11 is 8.07. The SMILES string of the molecule is CCOc1cc(N(I)c2ncccc2/C=C/C=C/C(=O)Nc2ccc(Cl)cc2N)cc(OC)c1OC. The number of nitrogens with one attached hydrogen (secondary N) is 1. The Morgan fingerprint density at radius 1 is 1.17 bits per heavy atom. The van der Waals surface area contributed by atoms with Crippen molar-refractivity contribution < 1.29 is 19.0 Å². The van der Waals surface area contributed by atoms with E-state index < -0.39 is 0 Å². The predicted octanol–water partition coefficient (Wildman–Crippen LogP) is 6.43. The Kier molecular flexibility index (Phi) is 9.83. The summed E-state index contributed by atoms with van der Waals surface area (Å²) in [5.41, 5.74) is 8.40. The van der Waals surface area contributed by atoms with E-state index in [1.165, 1.54) is 6.08 Å². The van der Waals surface area contributed by atoms with Gasteiger partial charge in [-0.2, -0.15) is 0 Å². The number of carbonyl (C=O) groups is 1. The highest BCUT2D eigenvalue weighted by atomic mass is 127. The number of nitrogens with two attached hydrogens (primary N) is 1. The van der Waals surface area contributed by atoms with Crippen LogP contribution >= 0.6 is 34.5 Å². The van der Waals surface area contributed by atoms with E-state index in [1.54, 1.807) is 50.8 Å². The van der Waals surface area contributed by atoms with Gasteiger partial charge in [-0.15, -0.1) is 0 Å². The molecule has 3 rings (SSSR count). The summed E-state index contributed by atoms with van der Waals surface area (Å²) in [6, 6.07) is 12.4. The summed E-state index contributed by atoms with van der Waals surface area (Å²) in [5.74, 6) is 2.01. The molecule has 10 heteroatoms. The summed E-state index contributed by atoms with van der Waals surface area (Å²) in [6.45, 7) is 2.38. The molecule has 0 saturated heterocycles. The van der Waals surface area contributed by atoms with E-state index in [-0.39, 0.29) is 5.91 Å². The monoisotopic (exact) mass is 620 g/mol. The lowest BCUT2D eigenvalue weighted by molar-refractivity contribution is -0.111. The molecule has 188 valence electrons. The Morgan fingerprint density at radius 2 is 1.94 bits per heavy atom. The van der Waals surface area contributed by atoms with Gasteiger partial charge in [0.1, 0.15) is 5.82 Å². The highest BCUT2D eigenvalue weighted by molar-refractivity contribution is 14.1. The van der Waals surface area contributed by atoms with Crippen LogP contribution in [-0.4, -0.2) is 31.7 Å². The second kappa shape index (κ2) is 13.0. The molecule has 0 aliphatic carbocycles. The maximum absolute atomic E-state index is 12.2. The molecule has 8 nitrogen and oxygen atoms in total. The lowest BCUT2D eigenvalue weighted by Gasteiger charge is -2.21. The Balaban J connectivity index is 1.79. The van der Waals surface area contributed by atoms with E-state index in [0.717, 1.165) is 11.3 Å². The van der Waals surface area contributed by atoms with Gasteiger partial charge in [-0.25, -0.2) is 4.98 Å². The van der Waals surface area contributed by atoms with Crippen molar-refractivity contribution in [1.29, 1.82) is 0 Å². The minimum Gasteiger partial charge on any atom is -0.493 e. The number of amides is 1. The summed E-state index contributed by atoms with van der Waals surface area (Å²) in [6.07, 6.45) is 8.38. The van der Waals surface area contributed by atoms with Gasteiger partial charge in [-0.1, -0.05) is 29.8 Å². The third kappa shape index (κ3) is 6.82. The van der Waals surface area contributed by atoms with Crippen LogP contribution in [0, 0.1) is 0 Å². The van der Waals surface area contributed by atoms with Gasteiger partial charge in [0.25, 0.3) is 0 Å². The van der Waals surface area contributed by atoms with Crippen LogP contribution in [0.3, 0.4) is 0 Å². The molecule has 0 atom stereocenters. The van der Waals surface area contributed by atoms with E-state index in [1.807, 2.05) is 40.4 Å². The van der Waals surface area contributed by atoms with Gasteiger partial charge in [0.2, 0.25) is 11.7 Å². The number of nitrogen functional groups attached to an aromatic ring is 1. The largest absolute Gasteiger partial charge is 0.493 e. The van der Waals surface area contributed by atoms with Crippen molar-refractivity contribution >= 4 is 69.3 Å². The second-order valence-electron chi connectivity index (χ2n) is 7.25. The van der Waals surface area contributed by atoms with E-state index in [0.29, 0.717) is 46.1 Å². The van der Waals surface area contributed by atoms with Crippen LogP contribution < -0.4 is 28.4 Å². The molecular formula is C26H26ClIN4O4. The highest BCUT2D eigenvalue weighted by Gasteiger charge is 2.18. The van der Waals surface area contributed by atoms with E-state index in [2.05, 4.69) is 33.2 Å². The minimum atomic E-state index is -0.315. The standard InChI is InChI=1S/C26H26ClIN4O4/c1-4-36-23-16-19(15-22(34-2)25(23)35-3)32(28)26-17(9-7-13-30-26)8-5-6-10-24(33)31-21-12-11-18(27)14-20(21)29/h5-16H,4,29H2,1-3H3,(H,31,33)/b8-5+,10-6+. The smallest absolute Gasteiger partial charge is 0.248 e. The first-order valence-electron chi connectivity index (χ1n) is 10.9. The number of hydrogen-bond donors (Lipinski definition) is 2. The topological polar surface area (TPSA) is 98.9 Å². The Labute approximate surface area is 229 Å². The fraction of sp³-hybridized carbons (Fsp3) is 0.154. The number of aromatic nitrogens is 1. The van der Waals surface area contributed by atoms with Crippen molar-refractivity contribution in [2.45, 2.75) is 6.92 Å². The number of methoxy groups -OCH3 is 2. The van der Waals surface area contributed by atoms with Crippen molar-refractivity contribution in [2.75, 3.05) is 35.0 Å². The van der Waals surface area contributed by atoms with E-state index >= 15 is 0 Å². The van der Waals surface area contributed by atoms with Crippen molar-refractivity contribution in [3.63, 3.8) is 0 Å². The number of ether oxygens (including phenoxy) is 3. The lowest BCUT2D eigenvalue weighted by atomic mass is 10.2. The normalized spacial score (nSPS) is 11.0. The van der Waals surface area contributed by atoms with Crippen molar-refractivity contribution in [3.8, 4) is 17.2 Å². The molecule has 0 radical (unpaired) electrons. The zero-order valence-electron chi connectivity index (χ0n) is 20.0. The van der Waals surface area contributed by atoms with Gasteiger partial charge in [-0.3, -0.25) is 7.91 Å². The molecule has 0 unspecified atom stereocenters. The van der Waals surface area contributed by atoms with Crippen LogP contribution in [0.5, 0.6) is 17.2 Å². The van der Waals surface area contributed by atoms with Crippen LogP contribution in [0.15, 0.2) is 66.9 Å². The number of benzene rings is 2. The number of allylic oxidation sites excluding steroid dienone is 2. The third-order valence-corrected chi connectivity index (χ3v) is 6.11.